The van der Waals surface area contributed by atoms with Crippen molar-refractivity contribution in [2.45, 2.75) is 46.1 Å². The molecule has 2 nitrogen and oxygen atoms in total. The van der Waals surface area contributed by atoms with Crippen LogP contribution in [0.1, 0.15) is 40.0 Å². The van der Waals surface area contributed by atoms with E-state index in [2.05, 4.69) is 37.6 Å². The molecule has 1 aliphatic rings. The Bertz CT molecular complexity index is 205. The average Bonchev–Trinajstić information content (AvgIpc) is 2.66. The molecule has 1 aliphatic heterocycles. The highest BCUT2D eigenvalue weighted by atomic mass is 15.2. The van der Waals surface area contributed by atoms with Crippen LogP contribution in [0.4, 0.5) is 0 Å². The van der Waals surface area contributed by atoms with E-state index in [9.17, 15) is 0 Å². The molecule has 0 aliphatic carbocycles. The maximum Gasteiger partial charge on any atom is 0.0195 e. The van der Waals surface area contributed by atoms with Crippen molar-refractivity contribution in [3.8, 4) is 0 Å². The first-order valence-corrected chi connectivity index (χ1v) is 6.68. The number of rotatable bonds is 7. The maximum absolute atomic E-state index is 4.00. The minimum Gasteiger partial charge on any atom is -0.313 e. The van der Waals surface area contributed by atoms with Gasteiger partial charge >= 0.3 is 0 Å². The molecule has 0 amide bonds. The smallest absolute Gasteiger partial charge is 0.0195 e. The highest BCUT2D eigenvalue weighted by Gasteiger charge is 2.18. The van der Waals surface area contributed by atoms with Gasteiger partial charge in [0, 0.05) is 25.7 Å². The number of nitrogens with one attached hydrogen (secondary N) is 1. The predicted octanol–water partition coefficient (Wildman–Crippen LogP) is 2.66. The molecule has 1 unspecified atom stereocenters. The van der Waals surface area contributed by atoms with Gasteiger partial charge in [-0.15, -0.1) is 6.58 Å². The average molecular weight is 224 g/mol. The van der Waals surface area contributed by atoms with Crippen LogP contribution in [0.15, 0.2) is 12.2 Å². The Labute approximate surface area is 101 Å². The van der Waals surface area contributed by atoms with Gasteiger partial charge in [-0.25, -0.2) is 0 Å². The third-order valence-corrected chi connectivity index (χ3v) is 3.12. The quantitative estimate of drug-likeness (QED) is 0.669. The summed E-state index contributed by atoms with van der Waals surface area (Å²) in [6.45, 7) is 15.5. The summed E-state index contributed by atoms with van der Waals surface area (Å²) in [5.74, 6) is 0.756. The summed E-state index contributed by atoms with van der Waals surface area (Å²) < 4.78 is 0. The van der Waals surface area contributed by atoms with Crippen molar-refractivity contribution in [3.05, 3.63) is 12.2 Å². The van der Waals surface area contributed by atoms with Crippen molar-refractivity contribution in [3.63, 3.8) is 0 Å². The molecule has 0 bridgehead atoms. The fourth-order valence-corrected chi connectivity index (χ4v) is 2.35. The van der Waals surface area contributed by atoms with Crippen LogP contribution in [0.5, 0.6) is 0 Å². The van der Waals surface area contributed by atoms with Gasteiger partial charge in [0.25, 0.3) is 0 Å². The molecular weight excluding hydrogens is 196 g/mol. The van der Waals surface area contributed by atoms with E-state index < -0.39 is 0 Å². The fourth-order valence-electron chi connectivity index (χ4n) is 2.35. The molecule has 2 heteroatoms. The van der Waals surface area contributed by atoms with Gasteiger partial charge < -0.3 is 10.2 Å². The first kappa shape index (κ1) is 13.7. The standard InChI is InChI=1S/C14H28N2/c1-12(2)7-9-16(10-13(3)4)11-14-6-5-8-15-14/h13-15H,1,5-11H2,2-4H3. The largest absolute Gasteiger partial charge is 0.313 e. The monoisotopic (exact) mass is 224 g/mol. The maximum atomic E-state index is 4.00. The summed E-state index contributed by atoms with van der Waals surface area (Å²) in [6.07, 6.45) is 3.84. The lowest BCUT2D eigenvalue weighted by Crippen LogP contribution is -2.39. The Kier molecular flexibility index (Phi) is 6.07. The molecule has 0 saturated carbocycles. The molecule has 1 fully saturated rings. The van der Waals surface area contributed by atoms with Crippen molar-refractivity contribution in [2.75, 3.05) is 26.2 Å². The second kappa shape index (κ2) is 7.08. The van der Waals surface area contributed by atoms with Gasteiger partial charge in [-0.05, 0) is 38.6 Å². The molecule has 94 valence electrons. The van der Waals surface area contributed by atoms with Crippen LogP contribution in [0.25, 0.3) is 0 Å². The van der Waals surface area contributed by atoms with Crippen LogP contribution in [0.2, 0.25) is 0 Å². The van der Waals surface area contributed by atoms with Crippen LogP contribution in [-0.2, 0) is 0 Å². The van der Waals surface area contributed by atoms with E-state index in [1.807, 2.05) is 0 Å². The van der Waals surface area contributed by atoms with Gasteiger partial charge in [0.05, 0.1) is 0 Å². The summed E-state index contributed by atoms with van der Waals surface area (Å²) >= 11 is 0. The van der Waals surface area contributed by atoms with Gasteiger partial charge in [0.2, 0.25) is 0 Å². The SMILES string of the molecule is C=C(C)CCN(CC(C)C)CC1CCCN1. The molecule has 1 rings (SSSR count). The lowest BCUT2D eigenvalue weighted by atomic mass is 10.1. The molecule has 1 N–H and O–H groups in total. The molecule has 0 radical (unpaired) electrons. The van der Waals surface area contributed by atoms with Crippen LogP contribution in [0, 0.1) is 5.92 Å². The Morgan fingerprint density at radius 3 is 2.75 bits per heavy atom. The molecule has 0 aromatic rings. The van der Waals surface area contributed by atoms with E-state index in [0.717, 1.165) is 18.4 Å². The lowest BCUT2D eigenvalue weighted by molar-refractivity contribution is 0.226. The molecule has 0 aromatic carbocycles. The summed E-state index contributed by atoms with van der Waals surface area (Å²) in [7, 11) is 0. The predicted molar refractivity (Wildman–Crippen MR) is 71.7 cm³/mol. The molecule has 1 atom stereocenters. The number of nitrogens with zero attached hydrogens (tertiary/aromatic N) is 1. The van der Waals surface area contributed by atoms with Crippen LogP contribution in [0.3, 0.4) is 0 Å². The minimum atomic E-state index is 0.726. The van der Waals surface area contributed by atoms with E-state index in [0.29, 0.717) is 0 Å². The van der Waals surface area contributed by atoms with E-state index in [4.69, 9.17) is 0 Å². The molecule has 1 heterocycles. The second-order valence-electron chi connectivity index (χ2n) is 5.65. The normalized spacial score (nSPS) is 20.9. The van der Waals surface area contributed by atoms with Gasteiger partial charge in [-0.2, -0.15) is 0 Å². The zero-order valence-electron chi connectivity index (χ0n) is 11.3. The lowest BCUT2D eigenvalue weighted by Gasteiger charge is -2.27. The zero-order chi connectivity index (χ0) is 12.0. The van der Waals surface area contributed by atoms with E-state index in [1.54, 1.807) is 0 Å². The van der Waals surface area contributed by atoms with Crippen molar-refractivity contribution in [1.82, 2.24) is 10.2 Å². The van der Waals surface area contributed by atoms with Gasteiger partial charge in [0.1, 0.15) is 0 Å². The van der Waals surface area contributed by atoms with E-state index in [-0.39, 0.29) is 0 Å². The van der Waals surface area contributed by atoms with Crippen molar-refractivity contribution in [1.29, 1.82) is 0 Å². The summed E-state index contributed by atoms with van der Waals surface area (Å²) in [5, 5.41) is 3.58. The summed E-state index contributed by atoms with van der Waals surface area (Å²) in [6, 6.07) is 0.726. The van der Waals surface area contributed by atoms with Gasteiger partial charge in [-0.1, -0.05) is 19.4 Å². The third kappa shape index (κ3) is 5.66. The first-order chi connectivity index (χ1) is 7.58. The van der Waals surface area contributed by atoms with E-state index >= 15 is 0 Å². The molecule has 16 heavy (non-hydrogen) atoms. The van der Waals surface area contributed by atoms with Crippen molar-refractivity contribution in [2.24, 2.45) is 5.92 Å². The van der Waals surface area contributed by atoms with Crippen molar-refractivity contribution >= 4 is 0 Å². The Balaban J connectivity index is 2.32. The molecule has 0 spiro atoms. The fraction of sp³-hybridized carbons (Fsp3) is 0.857. The zero-order valence-corrected chi connectivity index (χ0v) is 11.3. The summed E-state index contributed by atoms with van der Waals surface area (Å²) in [5.41, 5.74) is 1.30. The van der Waals surface area contributed by atoms with Crippen LogP contribution in [-0.4, -0.2) is 37.1 Å². The highest BCUT2D eigenvalue weighted by molar-refractivity contribution is 4.89. The number of hydrogen-bond donors (Lipinski definition) is 1. The molecule has 1 saturated heterocycles. The first-order valence-electron chi connectivity index (χ1n) is 6.68. The molecule has 0 aromatic heterocycles. The topological polar surface area (TPSA) is 15.3 Å². The molecular formula is C14H28N2. The Hall–Kier alpha value is -0.340. The highest BCUT2D eigenvalue weighted by Crippen LogP contribution is 2.10. The van der Waals surface area contributed by atoms with Gasteiger partial charge in [0.15, 0.2) is 0 Å². The van der Waals surface area contributed by atoms with Gasteiger partial charge in [-0.3, -0.25) is 0 Å². The minimum absolute atomic E-state index is 0.726. The van der Waals surface area contributed by atoms with Crippen molar-refractivity contribution < 1.29 is 0 Å². The number of hydrogen-bond acceptors (Lipinski definition) is 2. The Morgan fingerprint density at radius 2 is 2.25 bits per heavy atom. The van der Waals surface area contributed by atoms with Crippen LogP contribution < -0.4 is 5.32 Å². The van der Waals surface area contributed by atoms with E-state index in [1.165, 1.54) is 44.6 Å². The third-order valence-electron chi connectivity index (χ3n) is 3.12. The Morgan fingerprint density at radius 1 is 1.50 bits per heavy atom. The second-order valence-corrected chi connectivity index (χ2v) is 5.65. The summed E-state index contributed by atoms with van der Waals surface area (Å²) in [4.78, 5) is 2.60. The van der Waals surface area contributed by atoms with Crippen LogP contribution >= 0.6 is 0 Å².